The number of morpholine rings is 1. The summed E-state index contributed by atoms with van der Waals surface area (Å²) in [5, 5.41) is 3.82. The summed E-state index contributed by atoms with van der Waals surface area (Å²) in [5.74, 6) is 1.20. The van der Waals surface area contributed by atoms with Crippen LogP contribution in [-0.2, 0) is 17.9 Å². The van der Waals surface area contributed by atoms with Crippen molar-refractivity contribution in [2.45, 2.75) is 19.3 Å². The van der Waals surface area contributed by atoms with Gasteiger partial charge in [-0.05, 0) is 31.3 Å². The fraction of sp³-hybridized carbons (Fsp3) is 0.308. The Morgan fingerprint density at radius 2 is 1.92 bits per heavy atom. The molecule has 2 aromatic carbocycles. The van der Waals surface area contributed by atoms with E-state index in [1.807, 2.05) is 19.2 Å². The summed E-state index contributed by atoms with van der Waals surface area (Å²) in [6.07, 6.45) is -0.195. The predicted molar refractivity (Wildman–Crippen MR) is 138 cm³/mol. The van der Waals surface area contributed by atoms with Crippen molar-refractivity contribution in [2.75, 3.05) is 33.9 Å². The number of likely N-dealkylation sites (N-methyl/N-ethyl adjacent to an activating group) is 1. The Balaban J connectivity index is 1.62. The van der Waals surface area contributed by atoms with Crippen LogP contribution in [0.4, 0.5) is 0 Å². The average molecular weight is 511 g/mol. The Morgan fingerprint density at radius 3 is 2.69 bits per heavy atom. The molecule has 0 bridgehead atoms. The van der Waals surface area contributed by atoms with Crippen LogP contribution in [0.5, 0.6) is 11.5 Å². The number of methoxy groups -OCH3 is 1. The SMILES string of the molecule is COc1cccc(OCc2c3c(=O)n(-c4ccccc4Cl)[nH]c3cc(=O)n2CC2CN(C)CCO2)c1. The fourth-order valence-corrected chi connectivity index (χ4v) is 4.70. The van der Waals surface area contributed by atoms with E-state index in [2.05, 4.69) is 10.00 Å². The number of benzene rings is 2. The van der Waals surface area contributed by atoms with Crippen LogP contribution < -0.4 is 20.6 Å². The number of aromatic amines is 1. The number of para-hydroxylation sites is 1. The molecule has 2 aromatic heterocycles. The topological polar surface area (TPSA) is 90.7 Å². The summed E-state index contributed by atoms with van der Waals surface area (Å²) in [4.78, 5) is 29.1. The second kappa shape index (κ2) is 10.2. The van der Waals surface area contributed by atoms with E-state index in [9.17, 15) is 9.59 Å². The van der Waals surface area contributed by atoms with E-state index in [1.54, 1.807) is 48.1 Å². The van der Waals surface area contributed by atoms with Crippen molar-refractivity contribution in [2.24, 2.45) is 0 Å². The summed E-state index contributed by atoms with van der Waals surface area (Å²) >= 11 is 6.37. The second-order valence-corrected chi connectivity index (χ2v) is 9.16. The fourth-order valence-electron chi connectivity index (χ4n) is 4.48. The number of halogens is 1. The van der Waals surface area contributed by atoms with Gasteiger partial charge >= 0.3 is 0 Å². The number of hydrogen-bond acceptors (Lipinski definition) is 6. The Bertz CT molecular complexity index is 1510. The van der Waals surface area contributed by atoms with Gasteiger partial charge in [-0.2, -0.15) is 0 Å². The summed E-state index contributed by atoms with van der Waals surface area (Å²) in [7, 11) is 3.60. The number of pyridine rings is 1. The van der Waals surface area contributed by atoms with Gasteiger partial charge in [0.1, 0.15) is 18.1 Å². The van der Waals surface area contributed by atoms with Crippen molar-refractivity contribution in [3.63, 3.8) is 0 Å². The van der Waals surface area contributed by atoms with E-state index >= 15 is 0 Å². The summed E-state index contributed by atoms with van der Waals surface area (Å²) < 4.78 is 20.2. The Hall–Kier alpha value is -3.53. The number of rotatable bonds is 7. The van der Waals surface area contributed by atoms with E-state index in [0.29, 0.717) is 58.5 Å². The molecule has 0 amide bonds. The van der Waals surface area contributed by atoms with Crippen LogP contribution in [-0.4, -0.2) is 59.2 Å². The first-order valence-corrected chi connectivity index (χ1v) is 12.0. The lowest BCUT2D eigenvalue weighted by Gasteiger charge is -2.31. The highest BCUT2D eigenvalue weighted by Gasteiger charge is 2.24. The number of nitrogens with one attached hydrogen (secondary N) is 1. The monoisotopic (exact) mass is 510 g/mol. The van der Waals surface area contributed by atoms with Gasteiger partial charge in [-0.15, -0.1) is 0 Å². The van der Waals surface area contributed by atoms with Gasteiger partial charge in [-0.25, -0.2) is 4.68 Å². The largest absolute Gasteiger partial charge is 0.497 e. The van der Waals surface area contributed by atoms with Crippen LogP contribution in [0.1, 0.15) is 5.69 Å². The van der Waals surface area contributed by atoms with Gasteiger partial charge in [0.15, 0.2) is 0 Å². The van der Waals surface area contributed by atoms with E-state index in [0.717, 1.165) is 6.54 Å². The molecule has 4 aromatic rings. The molecule has 3 heterocycles. The van der Waals surface area contributed by atoms with Crippen molar-refractivity contribution in [1.29, 1.82) is 0 Å². The van der Waals surface area contributed by atoms with Crippen molar-refractivity contribution < 1.29 is 14.2 Å². The lowest BCUT2D eigenvalue weighted by molar-refractivity contribution is -0.0284. The molecule has 1 atom stereocenters. The predicted octanol–water partition coefficient (Wildman–Crippen LogP) is 3.05. The molecule has 10 heteroatoms. The van der Waals surface area contributed by atoms with Gasteiger partial charge in [0.25, 0.3) is 11.1 Å². The van der Waals surface area contributed by atoms with Gasteiger partial charge in [-0.3, -0.25) is 14.7 Å². The van der Waals surface area contributed by atoms with Crippen molar-refractivity contribution in [3.8, 4) is 17.2 Å². The average Bonchev–Trinajstić information content (AvgIpc) is 3.19. The minimum atomic E-state index is -0.322. The molecule has 0 radical (unpaired) electrons. The van der Waals surface area contributed by atoms with Crippen LogP contribution in [0.25, 0.3) is 16.6 Å². The Morgan fingerprint density at radius 1 is 1.11 bits per heavy atom. The normalized spacial score (nSPS) is 16.4. The molecule has 36 heavy (non-hydrogen) atoms. The molecule has 0 aliphatic carbocycles. The third kappa shape index (κ3) is 4.77. The van der Waals surface area contributed by atoms with E-state index < -0.39 is 0 Å². The van der Waals surface area contributed by atoms with Crippen LogP contribution in [0.2, 0.25) is 5.02 Å². The second-order valence-electron chi connectivity index (χ2n) is 8.76. The molecular weight excluding hydrogens is 484 g/mol. The molecular formula is C26H27ClN4O5. The first kappa shape index (κ1) is 24.2. The zero-order valence-corrected chi connectivity index (χ0v) is 20.8. The van der Waals surface area contributed by atoms with Crippen molar-refractivity contribution in [3.05, 3.63) is 86.0 Å². The molecule has 0 saturated carbocycles. The zero-order chi connectivity index (χ0) is 25.2. The van der Waals surface area contributed by atoms with Crippen molar-refractivity contribution >= 4 is 22.5 Å². The minimum Gasteiger partial charge on any atom is -0.497 e. The molecule has 9 nitrogen and oxygen atoms in total. The molecule has 0 spiro atoms. The van der Waals surface area contributed by atoms with Crippen LogP contribution >= 0.6 is 11.6 Å². The number of fused-ring (bicyclic) bond motifs is 1. The molecule has 5 rings (SSSR count). The van der Waals surface area contributed by atoms with Gasteiger partial charge < -0.3 is 23.7 Å². The molecule has 1 unspecified atom stereocenters. The summed E-state index contributed by atoms with van der Waals surface area (Å²) in [5.41, 5.74) is 0.793. The number of hydrogen-bond donors (Lipinski definition) is 1. The molecule has 1 fully saturated rings. The summed E-state index contributed by atoms with van der Waals surface area (Å²) in [6, 6.07) is 15.6. The lowest BCUT2D eigenvalue weighted by atomic mass is 10.2. The quantitative estimate of drug-likeness (QED) is 0.411. The maximum atomic E-state index is 13.7. The third-order valence-electron chi connectivity index (χ3n) is 6.30. The molecule has 1 saturated heterocycles. The molecule has 188 valence electrons. The highest BCUT2D eigenvalue weighted by Crippen LogP contribution is 2.23. The first-order chi connectivity index (χ1) is 17.4. The maximum Gasteiger partial charge on any atom is 0.281 e. The van der Waals surface area contributed by atoms with Crippen molar-refractivity contribution in [1.82, 2.24) is 19.2 Å². The number of ether oxygens (including phenoxy) is 3. The van der Waals surface area contributed by atoms with Gasteiger partial charge in [0.05, 0.1) is 53.7 Å². The Labute approximate surface area is 212 Å². The van der Waals surface area contributed by atoms with Gasteiger partial charge in [0.2, 0.25) is 0 Å². The molecule has 1 aliphatic heterocycles. The summed E-state index contributed by atoms with van der Waals surface area (Å²) in [6.45, 7) is 2.38. The van der Waals surface area contributed by atoms with Gasteiger partial charge in [-0.1, -0.05) is 29.8 Å². The highest BCUT2D eigenvalue weighted by atomic mass is 35.5. The molecule has 1 N–H and O–H groups in total. The standard InChI is InChI=1S/C26H27ClN4O5/c1-29-10-11-35-19(14-29)15-30-23(16-36-18-7-5-6-17(12-18)34-2)25-21(13-24(30)32)28-31(26(25)33)22-9-4-3-8-20(22)27/h3-9,12-13,19,28H,10-11,14-16H2,1-2H3. The molecule has 1 aliphatic rings. The smallest absolute Gasteiger partial charge is 0.281 e. The van der Waals surface area contributed by atoms with Gasteiger partial charge in [0, 0.05) is 25.2 Å². The first-order valence-electron chi connectivity index (χ1n) is 11.6. The van der Waals surface area contributed by atoms with Crippen LogP contribution in [0.15, 0.2) is 64.2 Å². The third-order valence-corrected chi connectivity index (χ3v) is 6.62. The lowest BCUT2D eigenvalue weighted by Crippen LogP contribution is -2.44. The van der Waals surface area contributed by atoms with Crippen LogP contribution in [0, 0.1) is 0 Å². The number of nitrogens with zero attached hydrogens (tertiary/aromatic N) is 3. The minimum absolute atomic E-state index is 0.00206. The van der Waals surface area contributed by atoms with E-state index in [4.69, 9.17) is 25.8 Å². The van der Waals surface area contributed by atoms with E-state index in [-0.39, 0.29) is 23.8 Å². The zero-order valence-electron chi connectivity index (χ0n) is 20.1. The Kier molecular flexibility index (Phi) is 6.86. The van der Waals surface area contributed by atoms with E-state index in [1.165, 1.54) is 10.7 Å². The number of H-pyrrole nitrogens is 1. The number of aromatic nitrogens is 3. The highest BCUT2D eigenvalue weighted by molar-refractivity contribution is 6.32. The van der Waals surface area contributed by atoms with Crippen LogP contribution in [0.3, 0.4) is 0 Å². The maximum absolute atomic E-state index is 13.7.